The Kier molecular flexibility index (Phi) is 4.58. The van der Waals surface area contributed by atoms with Gasteiger partial charge in [0.15, 0.2) is 0 Å². The minimum atomic E-state index is -0.689. The fraction of sp³-hybridized carbons (Fsp3) is 0.533. The Hall–Kier alpha value is -1.53. The molecule has 0 aromatic heterocycles. The second-order valence-electron chi connectivity index (χ2n) is 5.92. The Morgan fingerprint density at radius 3 is 2.43 bits per heavy atom. The molecule has 4 nitrogen and oxygen atoms in total. The topological polar surface area (TPSA) is 49.6 Å². The molecule has 1 aromatic rings. The van der Waals surface area contributed by atoms with Gasteiger partial charge in [0.1, 0.15) is 11.6 Å². The standard InChI is InChI=1S/C15H21F2N3O/c1-15(2,10-18)20-7-5-19(6-8-20)14(21)12-9-11(16)3-4-13(12)17/h3-4,9H,5-8,10,18H2,1-2H3. The maximum Gasteiger partial charge on any atom is 0.257 e. The highest BCUT2D eigenvalue weighted by Gasteiger charge is 2.31. The summed E-state index contributed by atoms with van der Waals surface area (Å²) in [5.74, 6) is -1.76. The Morgan fingerprint density at radius 1 is 1.24 bits per heavy atom. The number of piperazine rings is 1. The maximum atomic E-state index is 13.7. The molecule has 1 heterocycles. The average molecular weight is 297 g/mol. The molecule has 0 saturated carbocycles. The highest BCUT2D eigenvalue weighted by Crippen LogP contribution is 2.18. The van der Waals surface area contributed by atoms with Crippen molar-refractivity contribution >= 4 is 5.91 Å². The highest BCUT2D eigenvalue weighted by atomic mass is 19.1. The fourth-order valence-electron chi connectivity index (χ4n) is 2.48. The third-order valence-electron chi connectivity index (χ3n) is 4.08. The number of carbonyl (C=O) groups is 1. The number of nitrogens with zero attached hydrogens (tertiary/aromatic N) is 2. The molecule has 1 aliphatic rings. The van der Waals surface area contributed by atoms with Crippen molar-refractivity contribution in [3.63, 3.8) is 0 Å². The summed E-state index contributed by atoms with van der Waals surface area (Å²) in [5.41, 5.74) is 5.41. The van der Waals surface area contributed by atoms with Crippen LogP contribution < -0.4 is 5.73 Å². The lowest BCUT2D eigenvalue weighted by molar-refractivity contribution is 0.0422. The summed E-state index contributed by atoms with van der Waals surface area (Å²) in [4.78, 5) is 16.0. The first-order valence-electron chi connectivity index (χ1n) is 7.04. The molecule has 1 saturated heterocycles. The number of amides is 1. The molecule has 0 aliphatic carbocycles. The zero-order chi connectivity index (χ0) is 15.6. The first-order chi connectivity index (χ1) is 9.85. The zero-order valence-electron chi connectivity index (χ0n) is 12.4. The van der Waals surface area contributed by atoms with Crippen molar-refractivity contribution in [2.75, 3.05) is 32.7 Å². The smallest absolute Gasteiger partial charge is 0.257 e. The van der Waals surface area contributed by atoms with Crippen molar-refractivity contribution < 1.29 is 13.6 Å². The quantitative estimate of drug-likeness (QED) is 0.919. The molecule has 1 aliphatic heterocycles. The van der Waals surface area contributed by atoms with Crippen LogP contribution in [0, 0.1) is 11.6 Å². The predicted molar refractivity (Wildman–Crippen MR) is 77.0 cm³/mol. The van der Waals surface area contributed by atoms with Gasteiger partial charge in [-0.05, 0) is 32.0 Å². The van der Waals surface area contributed by atoms with E-state index in [0.29, 0.717) is 32.7 Å². The van der Waals surface area contributed by atoms with E-state index in [0.717, 1.165) is 18.2 Å². The lowest BCUT2D eigenvalue weighted by atomic mass is 10.0. The van der Waals surface area contributed by atoms with Gasteiger partial charge in [-0.2, -0.15) is 0 Å². The van der Waals surface area contributed by atoms with Gasteiger partial charge in [0.25, 0.3) is 5.91 Å². The van der Waals surface area contributed by atoms with E-state index < -0.39 is 17.5 Å². The summed E-state index contributed by atoms with van der Waals surface area (Å²) < 4.78 is 26.8. The normalized spacial score (nSPS) is 17.1. The lowest BCUT2D eigenvalue weighted by Gasteiger charge is -2.43. The first kappa shape index (κ1) is 15.9. The number of benzene rings is 1. The molecule has 2 N–H and O–H groups in total. The molecule has 0 unspecified atom stereocenters. The van der Waals surface area contributed by atoms with Gasteiger partial charge in [0, 0.05) is 38.3 Å². The van der Waals surface area contributed by atoms with Gasteiger partial charge in [-0.25, -0.2) is 8.78 Å². The number of hydrogen-bond acceptors (Lipinski definition) is 3. The molecular formula is C15H21F2N3O. The monoisotopic (exact) mass is 297 g/mol. The molecule has 2 rings (SSSR count). The van der Waals surface area contributed by atoms with Gasteiger partial charge in [0.2, 0.25) is 0 Å². The number of nitrogens with two attached hydrogens (primary N) is 1. The van der Waals surface area contributed by atoms with E-state index in [-0.39, 0.29) is 11.1 Å². The third-order valence-corrected chi connectivity index (χ3v) is 4.08. The maximum absolute atomic E-state index is 13.7. The Labute approximate surface area is 123 Å². The van der Waals surface area contributed by atoms with Crippen LogP contribution in [0.15, 0.2) is 18.2 Å². The third kappa shape index (κ3) is 3.39. The van der Waals surface area contributed by atoms with Crippen LogP contribution in [0.3, 0.4) is 0 Å². The van der Waals surface area contributed by atoms with Crippen LogP contribution in [0.5, 0.6) is 0 Å². The van der Waals surface area contributed by atoms with E-state index in [1.165, 1.54) is 0 Å². The van der Waals surface area contributed by atoms with Crippen LogP contribution in [-0.4, -0.2) is 54.0 Å². The molecule has 1 aromatic carbocycles. The average Bonchev–Trinajstić information content (AvgIpc) is 2.49. The van der Waals surface area contributed by atoms with Crippen LogP contribution >= 0.6 is 0 Å². The van der Waals surface area contributed by atoms with E-state index in [1.807, 2.05) is 0 Å². The van der Waals surface area contributed by atoms with Crippen molar-refractivity contribution in [2.24, 2.45) is 5.73 Å². The Morgan fingerprint density at radius 2 is 1.86 bits per heavy atom. The van der Waals surface area contributed by atoms with Gasteiger partial charge in [-0.15, -0.1) is 0 Å². The minimum absolute atomic E-state index is 0.126. The summed E-state index contributed by atoms with van der Waals surface area (Å²) in [5, 5.41) is 0. The van der Waals surface area contributed by atoms with E-state index in [9.17, 15) is 13.6 Å². The minimum Gasteiger partial charge on any atom is -0.336 e. The molecule has 0 spiro atoms. The van der Waals surface area contributed by atoms with E-state index >= 15 is 0 Å². The zero-order valence-corrected chi connectivity index (χ0v) is 12.4. The molecule has 1 amide bonds. The van der Waals surface area contributed by atoms with Crippen LogP contribution in [0.25, 0.3) is 0 Å². The van der Waals surface area contributed by atoms with Crippen LogP contribution in [-0.2, 0) is 0 Å². The molecule has 1 fully saturated rings. The second-order valence-corrected chi connectivity index (χ2v) is 5.92. The van der Waals surface area contributed by atoms with Crippen molar-refractivity contribution in [2.45, 2.75) is 19.4 Å². The second kappa shape index (κ2) is 6.07. The van der Waals surface area contributed by atoms with Gasteiger partial charge < -0.3 is 10.6 Å². The van der Waals surface area contributed by atoms with Crippen molar-refractivity contribution in [1.82, 2.24) is 9.80 Å². The van der Waals surface area contributed by atoms with Crippen molar-refractivity contribution in [3.8, 4) is 0 Å². The number of carbonyl (C=O) groups excluding carboxylic acids is 1. The SMILES string of the molecule is CC(C)(CN)N1CCN(C(=O)c2cc(F)ccc2F)CC1. The van der Waals surface area contributed by atoms with Crippen LogP contribution in [0.2, 0.25) is 0 Å². The van der Waals surface area contributed by atoms with Crippen LogP contribution in [0.1, 0.15) is 24.2 Å². The van der Waals surface area contributed by atoms with Gasteiger partial charge >= 0.3 is 0 Å². The highest BCUT2D eigenvalue weighted by molar-refractivity contribution is 5.94. The largest absolute Gasteiger partial charge is 0.336 e. The fourth-order valence-corrected chi connectivity index (χ4v) is 2.48. The molecule has 0 atom stereocenters. The number of hydrogen-bond donors (Lipinski definition) is 1. The van der Waals surface area contributed by atoms with Crippen molar-refractivity contribution in [1.29, 1.82) is 0 Å². The van der Waals surface area contributed by atoms with Gasteiger partial charge in [-0.1, -0.05) is 0 Å². The molecule has 6 heteroatoms. The van der Waals surface area contributed by atoms with Crippen LogP contribution in [0.4, 0.5) is 8.78 Å². The van der Waals surface area contributed by atoms with Gasteiger partial charge in [-0.3, -0.25) is 9.69 Å². The van der Waals surface area contributed by atoms with E-state index in [4.69, 9.17) is 5.73 Å². The Bertz CT molecular complexity index is 526. The molecule has 0 radical (unpaired) electrons. The summed E-state index contributed by atoms with van der Waals surface area (Å²) in [6, 6.07) is 2.94. The molecule has 21 heavy (non-hydrogen) atoms. The van der Waals surface area contributed by atoms with Gasteiger partial charge in [0.05, 0.1) is 5.56 Å². The molecular weight excluding hydrogens is 276 g/mol. The number of rotatable bonds is 3. The summed E-state index contributed by atoms with van der Waals surface area (Å²) in [7, 11) is 0. The molecule has 116 valence electrons. The van der Waals surface area contributed by atoms with Crippen molar-refractivity contribution in [3.05, 3.63) is 35.4 Å². The lowest BCUT2D eigenvalue weighted by Crippen LogP contribution is -2.58. The van der Waals surface area contributed by atoms with E-state index in [1.54, 1.807) is 4.90 Å². The summed E-state index contributed by atoms with van der Waals surface area (Å²) in [6.07, 6.45) is 0. The summed E-state index contributed by atoms with van der Waals surface area (Å²) in [6.45, 7) is 6.95. The summed E-state index contributed by atoms with van der Waals surface area (Å²) >= 11 is 0. The predicted octanol–water partition coefficient (Wildman–Crippen LogP) is 1.46. The first-order valence-corrected chi connectivity index (χ1v) is 7.04. The number of halogens is 2. The Balaban J connectivity index is 2.05. The van der Waals surface area contributed by atoms with E-state index in [2.05, 4.69) is 18.7 Å². The molecule has 0 bridgehead atoms.